The molecular weight excluding hydrogens is 264 g/mol. The van der Waals surface area contributed by atoms with Crippen molar-refractivity contribution in [1.82, 2.24) is 15.0 Å². The van der Waals surface area contributed by atoms with Crippen LogP contribution in [0.15, 0.2) is 0 Å². The Kier molecular flexibility index (Phi) is 4.54. The first-order valence-electron chi connectivity index (χ1n) is 7.71. The third-order valence-corrected chi connectivity index (χ3v) is 4.26. The quantitative estimate of drug-likeness (QED) is 0.901. The van der Waals surface area contributed by atoms with Crippen molar-refractivity contribution in [1.29, 1.82) is 0 Å². The SMILES string of the molecule is CN(C)c1nc(N)nc(N2CCCC(C(C)(C)C)CC2)n1. The molecule has 118 valence electrons. The van der Waals surface area contributed by atoms with Crippen molar-refractivity contribution in [2.45, 2.75) is 40.0 Å². The lowest BCUT2D eigenvalue weighted by Crippen LogP contribution is -2.29. The largest absolute Gasteiger partial charge is 0.368 e. The third kappa shape index (κ3) is 3.95. The number of nitrogens with zero attached hydrogens (tertiary/aromatic N) is 5. The highest BCUT2D eigenvalue weighted by Gasteiger charge is 2.28. The maximum Gasteiger partial charge on any atom is 0.231 e. The molecule has 0 aromatic carbocycles. The molecule has 6 heteroatoms. The van der Waals surface area contributed by atoms with E-state index in [9.17, 15) is 0 Å². The minimum atomic E-state index is 0.292. The van der Waals surface area contributed by atoms with Gasteiger partial charge in [0.15, 0.2) is 0 Å². The molecule has 1 saturated heterocycles. The average molecular weight is 292 g/mol. The number of anilines is 3. The number of nitrogens with two attached hydrogens (primary N) is 1. The molecule has 1 fully saturated rings. The first-order chi connectivity index (χ1) is 9.77. The molecule has 1 aromatic heterocycles. The van der Waals surface area contributed by atoms with Crippen LogP contribution >= 0.6 is 0 Å². The van der Waals surface area contributed by atoms with Crippen LogP contribution in [0.4, 0.5) is 17.8 Å². The molecule has 21 heavy (non-hydrogen) atoms. The van der Waals surface area contributed by atoms with E-state index in [1.807, 2.05) is 19.0 Å². The van der Waals surface area contributed by atoms with Crippen molar-refractivity contribution >= 4 is 17.8 Å². The van der Waals surface area contributed by atoms with Gasteiger partial charge in [-0.3, -0.25) is 0 Å². The Morgan fingerprint density at radius 3 is 2.43 bits per heavy atom. The van der Waals surface area contributed by atoms with Gasteiger partial charge in [0.2, 0.25) is 17.8 Å². The van der Waals surface area contributed by atoms with Gasteiger partial charge in [0, 0.05) is 27.2 Å². The van der Waals surface area contributed by atoms with Gasteiger partial charge in [-0.2, -0.15) is 15.0 Å². The van der Waals surface area contributed by atoms with Gasteiger partial charge in [-0.1, -0.05) is 20.8 Å². The van der Waals surface area contributed by atoms with Crippen molar-refractivity contribution < 1.29 is 0 Å². The van der Waals surface area contributed by atoms with E-state index in [1.54, 1.807) is 0 Å². The molecule has 0 aliphatic carbocycles. The van der Waals surface area contributed by atoms with Crippen LogP contribution in [0.1, 0.15) is 40.0 Å². The molecule has 1 aromatic rings. The average Bonchev–Trinajstić information content (AvgIpc) is 2.63. The summed E-state index contributed by atoms with van der Waals surface area (Å²) in [5.74, 6) is 2.37. The molecule has 0 amide bonds. The fourth-order valence-corrected chi connectivity index (χ4v) is 2.87. The third-order valence-electron chi connectivity index (χ3n) is 4.26. The molecule has 0 radical (unpaired) electrons. The Balaban J connectivity index is 2.16. The van der Waals surface area contributed by atoms with Crippen LogP contribution in [0.5, 0.6) is 0 Å². The van der Waals surface area contributed by atoms with E-state index in [0.717, 1.165) is 19.0 Å². The summed E-state index contributed by atoms with van der Waals surface area (Å²) in [4.78, 5) is 17.1. The molecule has 1 unspecified atom stereocenters. The Morgan fingerprint density at radius 2 is 1.81 bits per heavy atom. The van der Waals surface area contributed by atoms with E-state index in [1.165, 1.54) is 19.3 Å². The fraction of sp³-hybridized carbons (Fsp3) is 0.800. The van der Waals surface area contributed by atoms with E-state index in [-0.39, 0.29) is 0 Å². The molecule has 0 spiro atoms. The molecule has 2 N–H and O–H groups in total. The normalized spacial score (nSPS) is 20.2. The molecule has 2 rings (SSSR count). The van der Waals surface area contributed by atoms with Gasteiger partial charge in [-0.05, 0) is 30.6 Å². The maximum atomic E-state index is 5.82. The highest BCUT2D eigenvalue weighted by atomic mass is 15.3. The lowest BCUT2D eigenvalue weighted by molar-refractivity contribution is 0.220. The van der Waals surface area contributed by atoms with Crippen molar-refractivity contribution in [3.8, 4) is 0 Å². The number of aromatic nitrogens is 3. The second-order valence-electron chi connectivity index (χ2n) is 7.17. The van der Waals surface area contributed by atoms with Crippen LogP contribution < -0.4 is 15.5 Å². The molecule has 1 atom stereocenters. The molecule has 1 aliphatic heterocycles. The number of hydrogen-bond donors (Lipinski definition) is 1. The van der Waals surface area contributed by atoms with Gasteiger partial charge in [-0.25, -0.2) is 0 Å². The minimum absolute atomic E-state index is 0.292. The Labute approximate surface area is 127 Å². The number of rotatable bonds is 2. The van der Waals surface area contributed by atoms with Crippen molar-refractivity contribution in [2.24, 2.45) is 11.3 Å². The summed E-state index contributed by atoms with van der Waals surface area (Å²) in [5, 5.41) is 0. The van der Waals surface area contributed by atoms with E-state index in [0.29, 0.717) is 23.3 Å². The van der Waals surface area contributed by atoms with Crippen molar-refractivity contribution in [2.75, 3.05) is 42.7 Å². The van der Waals surface area contributed by atoms with Gasteiger partial charge in [0.25, 0.3) is 0 Å². The second kappa shape index (κ2) is 6.03. The van der Waals surface area contributed by atoms with Crippen LogP contribution in [0.3, 0.4) is 0 Å². The van der Waals surface area contributed by atoms with Gasteiger partial charge in [-0.15, -0.1) is 0 Å². The summed E-state index contributed by atoms with van der Waals surface area (Å²) in [6.45, 7) is 8.97. The van der Waals surface area contributed by atoms with Gasteiger partial charge < -0.3 is 15.5 Å². The smallest absolute Gasteiger partial charge is 0.231 e. The highest BCUT2D eigenvalue weighted by Crippen LogP contribution is 2.34. The molecule has 6 nitrogen and oxygen atoms in total. The summed E-state index contributed by atoms with van der Waals surface area (Å²) in [7, 11) is 3.83. The molecule has 1 aliphatic rings. The monoisotopic (exact) mass is 292 g/mol. The van der Waals surface area contributed by atoms with Gasteiger partial charge in [0.05, 0.1) is 0 Å². The number of nitrogen functional groups attached to an aromatic ring is 1. The van der Waals surface area contributed by atoms with E-state index in [4.69, 9.17) is 5.73 Å². The van der Waals surface area contributed by atoms with Crippen LogP contribution in [0.2, 0.25) is 0 Å². The molecule has 2 heterocycles. The standard InChI is InChI=1S/C15H28N6/c1-15(2,3)11-7-6-9-21(10-8-11)14-18-12(16)17-13(19-14)20(4)5/h11H,6-10H2,1-5H3,(H2,16,17,18,19). The summed E-state index contributed by atoms with van der Waals surface area (Å²) in [5.41, 5.74) is 6.19. The zero-order chi connectivity index (χ0) is 15.6. The van der Waals surface area contributed by atoms with Gasteiger partial charge in [0.1, 0.15) is 0 Å². The van der Waals surface area contributed by atoms with Crippen molar-refractivity contribution in [3.05, 3.63) is 0 Å². The lowest BCUT2D eigenvalue weighted by atomic mass is 9.77. The molecule has 0 bridgehead atoms. The predicted octanol–water partition coefficient (Wildman–Crippen LogP) is 2.17. The summed E-state index contributed by atoms with van der Waals surface area (Å²) < 4.78 is 0. The van der Waals surface area contributed by atoms with E-state index in [2.05, 4.69) is 40.6 Å². The Bertz CT molecular complexity index is 480. The first-order valence-corrected chi connectivity index (χ1v) is 7.71. The van der Waals surface area contributed by atoms with Crippen LogP contribution in [0.25, 0.3) is 0 Å². The number of hydrogen-bond acceptors (Lipinski definition) is 6. The molecular formula is C15H28N6. The van der Waals surface area contributed by atoms with E-state index < -0.39 is 0 Å². The summed E-state index contributed by atoms with van der Waals surface area (Å²) in [6.07, 6.45) is 3.61. The Hall–Kier alpha value is -1.59. The summed E-state index contributed by atoms with van der Waals surface area (Å²) in [6, 6.07) is 0. The van der Waals surface area contributed by atoms with Crippen LogP contribution in [-0.4, -0.2) is 42.1 Å². The first kappa shape index (κ1) is 15.8. The fourth-order valence-electron chi connectivity index (χ4n) is 2.87. The predicted molar refractivity (Wildman–Crippen MR) is 87.6 cm³/mol. The van der Waals surface area contributed by atoms with Crippen molar-refractivity contribution in [3.63, 3.8) is 0 Å². The summed E-state index contributed by atoms with van der Waals surface area (Å²) >= 11 is 0. The minimum Gasteiger partial charge on any atom is -0.368 e. The second-order valence-corrected chi connectivity index (χ2v) is 7.17. The molecule has 0 saturated carbocycles. The Morgan fingerprint density at radius 1 is 1.10 bits per heavy atom. The van der Waals surface area contributed by atoms with Crippen LogP contribution in [-0.2, 0) is 0 Å². The topological polar surface area (TPSA) is 71.2 Å². The van der Waals surface area contributed by atoms with E-state index >= 15 is 0 Å². The zero-order valence-corrected chi connectivity index (χ0v) is 13.9. The highest BCUT2D eigenvalue weighted by molar-refractivity contribution is 5.42. The van der Waals surface area contributed by atoms with Crippen LogP contribution in [0, 0.1) is 11.3 Å². The lowest BCUT2D eigenvalue weighted by Gasteiger charge is -2.29. The maximum absolute atomic E-state index is 5.82. The van der Waals surface area contributed by atoms with Gasteiger partial charge >= 0.3 is 0 Å². The zero-order valence-electron chi connectivity index (χ0n) is 13.9.